The van der Waals surface area contributed by atoms with Crippen molar-refractivity contribution in [1.29, 1.82) is 0 Å². The Kier molecular flexibility index (Phi) is 4.22. The second-order valence-electron chi connectivity index (χ2n) is 3.87. The van der Waals surface area contributed by atoms with Gasteiger partial charge < -0.3 is 11.1 Å². The van der Waals surface area contributed by atoms with E-state index in [0.29, 0.717) is 6.42 Å². The van der Waals surface area contributed by atoms with Crippen molar-refractivity contribution in [3.8, 4) is 0 Å². The summed E-state index contributed by atoms with van der Waals surface area (Å²) in [4.78, 5) is 11.3. The van der Waals surface area contributed by atoms with Gasteiger partial charge in [-0.05, 0) is 19.3 Å². The Hall–Kier alpha value is -0.570. The van der Waals surface area contributed by atoms with Crippen LogP contribution in [-0.4, -0.2) is 18.0 Å². The molecule has 0 saturated heterocycles. The standard InChI is InChI=1S/C10H20N2O/c1-2-5-10(13)12-9-7-4-3-6-8(9)11/h8-9H,2-7,11H2,1H3,(H,12,13)/t8-,9-/m1/s1. The van der Waals surface area contributed by atoms with Crippen LogP contribution >= 0.6 is 0 Å². The van der Waals surface area contributed by atoms with Gasteiger partial charge in [-0.1, -0.05) is 19.8 Å². The van der Waals surface area contributed by atoms with Crippen LogP contribution in [0.2, 0.25) is 0 Å². The summed E-state index contributed by atoms with van der Waals surface area (Å²) in [6, 6.07) is 0.405. The summed E-state index contributed by atoms with van der Waals surface area (Å²) < 4.78 is 0. The second-order valence-corrected chi connectivity index (χ2v) is 3.87. The van der Waals surface area contributed by atoms with Gasteiger partial charge in [-0.2, -0.15) is 0 Å². The van der Waals surface area contributed by atoms with Crippen LogP contribution in [0.25, 0.3) is 0 Å². The first kappa shape index (κ1) is 10.5. The second kappa shape index (κ2) is 5.22. The molecule has 0 aromatic rings. The Morgan fingerprint density at radius 2 is 2.15 bits per heavy atom. The largest absolute Gasteiger partial charge is 0.352 e. The Labute approximate surface area is 80.1 Å². The molecule has 3 heteroatoms. The zero-order valence-electron chi connectivity index (χ0n) is 8.38. The monoisotopic (exact) mass is 184 g/mol. The molecular formula is C10H20N2O. The molecule has 0 spiro atoms. The van der Waals surface area contributed by atoms with Gasteiger partial charge in [0.1, 0.15) is 0 Å². The zero-order valence-corrected chi connectivity index (χ0v) is 8.38. The summed E-state index contributed by atoms with van der Waals surface area (Å²) >= 11 is 0. The summed E-state index contributed by atoms with van der Waals surface area (Å²) in [6.07, 6.45) is 6.05. The lowest BCUT2D eigenvalue weighted by molar-refractivity contribution is -0.122. The predicted octanol–water partition coefficient (Wildman–Crippen LogP) is 1.17. The third kappa shape index (κ3) is 3.35. The number of hydrogen-bond donors (Lipinski definition) is 2. The lowest BCUT2D eigenvalue weighted by atomic mass is 9.91. The zero-order chi connectivity index (χ0) is 9.68. The highest BCUT2D eigenvalue weighted by atomic mass is 16.1. The number of nitrogens with two attached hydrogens (primary N) is 1. The van der Waals surface area contributed by atoms with Crippen molar-refractivity contribution in [3.05, 3.63) is 0 Å². The number of amides is 1. The number of carbonyl (C=O) groups excluding carboxylic acids is 1. The molecule has 13 heavy (non-hydrogen) atoms. The summed E-state index contributed by atoms with van der Waals surface area (Å²) in [5.41, 5.74) is 5.91. The predicted molar refractivity (Wildman–Crippen MR) is 53.3 cm³/mol. The molecule has 0 radical (unpaired) electrons. The van der Waals surface area contributed by atoms with E-state index in [9.17, 15) is 4.79 Å². The highest BCUT2D eigenvalue weighted by molar-refractivity contribution is 5.76. The maximum atomic E-state index is 11.3. The average molecular weight is 184 g/mol. The normalized spacial score (nSPS) is 28.5. The number of hydrogen-bond acceptors (Lipinski definition) is 2. The molecule has 1 saturated carbocycles. The fraction of sp³-hybridized carbons (Fsp3) is 0.900. The fourth-order valence-corrected chi connectivity index (χ4v) is 1.84. The molecule has 1 aliphatic carbocycles. The van der Waals surface area contributed by atoms with Crippen LogP contribution in [0, 0.1) is 0 Å². The Morgan fingerprint density at radius 1 is 1.46 bits per heavy atom. The highest BCUT2D eigenvalue weighted by Crippen LogP contribution is 2.16. The summed E-state index contributed by atoms with van der Waals surface area (Å²) in [5.74, 6) is 0.157. The van der Waals surface area contributed by atoms with Crippen molar-refractivity contribution < 1.29 is 4.79 Å². The molecule has 2 atom stereocenters. The van der Waals surface area contributed by atoms with Crippen LogP contribution in [0.5, 0.6) is 0 Å². The molecule has 1 aliphatic rings. The van der Waals surface area contributed by atoms with Gasteiger partial charge in [0, 0.05) is 18.5 Å². The van der Waals surface area contributed by atoms with E-state index >= 15 is 0 Å². The maximum absolute atomic E-state index is 11.3. The highest BCUT2D eigenvalue weighted by Gasteiger charge is 2.22. The van der Waals surface area contributed by atoms with Gasteiger partial charge in [0.2, 0.25) is 5.91 Å². The third-order valence-corrected chi connectivity index (χ3v) is 2.64. The van der Waals surface area contributed by atoms with Crippen LogP contribution in [0.4, 0.5) is 0 Å². The Bertz CT molecular complexity index is 170. The molecule has 0 heterocycles. The van der Waals surface area contributed by atoms with Gasteiger partial charge in [0.15, 0.2) is 0 Å². The van der Waals surface area contributed by atoms with E-state index in [-0.39, 0.29) is 18.0 Å². The van der Waals surface area contributed by atoms with E-state index in [1.54, 1.807) is 0 Å². The van der Waals surface area contributed by atoms with Gasteiger partial charge in [0.25, 0.3) is 0 Å². The molecule has 0 aromatic carbocycles. The number of nitrogens with one attached hydrogen (secondary N) is 1. The molecule has 0 unspecified atom stereocenters. The van der Waals surface area contributed by atoms with Crippen molar-refractivity contribution in [2.24, 2.45) is 5.73 Å². The number of carbonyl (C=O) groups is 1. The first-order valence-corrected chi connectivity index (χ1v) is 5.29. The van der Waals surface area contributed by atoms with E-state index in [1.165, 1.54) is 12.8 Å². The maximum Gasteiger partial charge on any atom is 0.220 e. The molecular weight excluding hydrogens is 164 g/mol. The quantitative estimate of drug-likeness (QED) is 0.692. The van der Waals surface area contributed by atoms with Crippen LogP contribution < -0.4 is 11.1 Å². The summed E-state index contributed by atoms with van der Waals surface area (Å²) in [7, 11) is 0. The van der Waals surface area contributed by atoms with Gasteiger partial charge in [-0.3, -0.25) is 4.79 Å². The van der Waals surface area contributed by atoms with E-state index in [1.807, 2.05) is 6.92 Å². The topological polar surface area (TPSA) is 55.1 Å². The third-order valence-electron chi connectivity index (χ3n) is 2.64. The van der Waals surface area contributed by atoms with Gasteiger partial charge >= 0.3 is 0 Å². The minimum Gasteiger partial charge on any atom is -0.352 e. The van der Waals surface area contributed by atoms with Crippen LogP contribution in [0.1, 0.15) is 45.4 Å². The molecule has 1 fully saturated rings. The van der Waals surface area contributed by atoms with E-state index in [0.717, 1.165) is 19.3 Å². The molecule has 1 amide bonds. The van der Waals surface area contributed by atoms with Crippen LogP contribution in [0.3, 0.4) is 0 Å². The van der Waals surface area contributed by atoms with E-state index in [4.69, 9.17) is 5.73 Å². The average Bonchev–Trinajstić information content (AvgIpc) is 2.09. The van der Waals surface area contributed by atoms with Gasteiger partial charge in [-0.15, -0.1) is 0 Å². The molecule has 0 bridgehead atoms. The van der Waals surface area contributed by atoms with Crippen molar-refractivity contribution in [1.82, 2.24) is 5.32 Å². The van der Waals surface area contributed by atoms with Gasteiger partial charge in [-0.25, -0.2) is 0 Å². The van der Waals surface area contributed by atoms with Gasteiger partial charge in [0.05, 0.1) is 0 Å². The first-order chi connectivity index (χ1) is 6.24. The fourth-order valence-electron chi connectivity index (χ4n) is 1.84. The Morgan fingerprint density at radius 3 is 2.77 bits per heavy atom. The minimum absolute atomic E-state index is 0.157. The molecule has 0 aliphatic heterocycles. The summed E-state index contributed by atoms with van der Waals surface area (Å²) in [5, 5.41) is 3.01. The van der Waals surface area contributed by atoms with Crippen molar-refractivity contribution in [3.63, 3.8) is 0 Å². The SMILES string of the molecule is CCCC(=O)N[C@@H]1CCCC[C@H]1N. The molecule has 3 N–H and O–H groups in total. The lowest BCUT2D eigenvalue weighted by Crippen LogP contribution is -2.49. The van der Waals surface area contributed by atoms with Crippen molar-refractivity contribution >= 4 is 5.91 Å². The van der Waals surface area contributed by atoms with Crippen LogP contribution in [-0.2, 0) is 4.79 Å². The Balaban J connectivity index is 2.29. The molecule has 0 aromatic heterocycles. The minimum atomic E-state index is 0.157. The molecule has 76 valence electrons. The molecule has 3 nitrogen and oxygen atoms in total. The molecule has 1 rings (SSSR count). The van der Waals surface area contributed by atoms with Crippen molar-refractivity contribution in [2.75, 3.05) is 0 Å². The lowest BCUT2D eigenvalue weighted by Gasteiger charge is -2.29. The van der Waals surface area contributed by atoms with E-state index < -0.39 is 0 Å². The van der Waals surface area contributed by atoms with E-state index in [2.05, 4.69) is 5.32 Å². The smallest absolute Gasteiger partial charge is 0.220 e. The van der Waals surface area contributed by atoms with Crippen molar-refractivity contribution in [2.45, 2.75) is 57.5 Å². The summed E-state index contributed by atoms with van der Waals surface area (Å²) in [6.45, 7) is 2.01. The van der Waals surface area contributed by atoms with Crippen LogP contribution in [0.15, 0.2) is 0 Å². The first-order valence-electron chi connectivity index (χ1n) is 5.29. The number of rotatable bonds is 3.